The summed E-state index contributed by atoms with van der Waals surface area (Å²) < 4.78 is 10.8. The van der Waals surface area contributed by atoms with Gasteiger partial charge in [0, 0.05) is 17.3 Å². The molecule has 0 saturated carbocycles. The van der Waals surface area contributed by atoms with Crippen molar-refractivity contribution >= 4 is 34.5 Å². The van der Waals surface area contributed by atoms with Gasteiger partial charge in [-0.05, 0) is 29.3 Å². The fourth-order valence-electron chi connectivity index (χ4n) is 3.65. The Labute approximate surface area is 185 Å². The molecule has 0 spiro atoms. The van der Waals surface area contributed by atoms with Crippen molar-refractivity contribution in [2.24, 2.45) is 0 Å². The molecule has 3 aromatic rings. The molecule has 3 aromatic carbocycles. The summed E-state index contributed by atoms with van der Waals surface area (Å²) >= 11 is 0. The molecule has 0 unspecified atom stereocenters. The first-order valence-corrected chi connectivity index (χ1v) is 9.95. The highest BCUT2D eigenvalue weighted by atomic mass is 16.5. The van der Waals surface area contributed by atoms with Crippen LogP contribution in [-0.4, -0.2) is 31.2 Å². The summed E-state index contributed by atoms with van der Waals surface area (Å²) in [7, 11) is 3.09. The number of ether oxygens (including phenoxy) is 2. The molecule has 7 nitrogen and oxygen atoms in total. The summed E-state index contributed by atoms with van der Waals surface area (Å²) in [6, 6.07) is 20.1. The predicted octanol–water partition coefficient (Wildman–Crippen LogP) is 4.26. The van der Waals surface area contributed by atoms with Crippen LogP contribution in [0.5, 0.6) is 11.5 Å². The van der Waals surface area contributed by atoms with Gasteiger partial charge in [0.25, 0.3) is 5.91 Å². The van der Waals surface area contributed by atoms with Gasteiger partial charge in [-0.3, -0.25) is 9.59 Å². The lowest BCUT2D eigenvalue weighted by atomic mass is 9.99. The molecule has 0 fully saturated rings. The molecule has 0 aliphatic carbocycles. The van der Waals surface area contributed by atoms with Gasteiger partial charge in [0.1, 0.15) is 0 Å². The number of fused-ring (bicyclic) bond motifs is 1. The molecule has 32 heavy (non-hydrogen) atoms. The number of carboxylic acid groups (broad SMARTS) is 1. The molecule has 4 rings (SSSR count). The van der Waals surface area contributed by atoms with Gasteiger partial charge in [-0.15, -0.1) is 0 Å². The van der Waals surface area contributed by atoms with E-state index in [2.05, 4.69) is 10.6 Å². The van der Waals surface area contributed by atoms with E-state index in [1.165, 1.54) is 0 Å². The number of rotatable bonds is 7. The number of carbonyl (C=O) groups is 2. The molecule has 0 atom stereocenters. The van der Waals surface area contributed by atoms with Gasteiger partial charge in [-0.1, -0.05) is 42.5 Å². The maximum Gasteiger partial charge on any atom is 0.307 e. The standard InChI is InChI=1S/C25H22N2O5/c1-31-20-13-18-19(14-21(20)32-2)27-25(30)23(18)24(16-6-4-3-5-7-16)26-17-10-8-15(9-11-17)12-22(28)29/h3-11,13-14,26H,12H2,1-2H3,(H,27,30)(H,28,29). The Bertz CT molecular complexity index is 1200. The Balaban J connectivity index is 1.83. The zero-order chi connectivity index (χ0) is 22.7. The monoisotopic (exact) mass is 430 g/mol. The van der Waals surface area contributed by atoms with Crippen molar-refractivity contribution in [1.82, 2.24) is 0 Å². The minimum Gasteiger partial charge on any atom is -0.493 e. The number of methoxy groups -OCH3 is 2. The summed E-state index contributed by atoms with van der Waals surface area (Å²) in [6.45, 7) is 0. The van der Waals surface area contributed by atoms with Gasteiger partial charge < -0.3 is 25.2 Å². The third-order valence-corrected chi connectivity index (χ3v) is 5.16. The van der Waals surface area contributed by atoms with Crippen LogP contribution in [0.3, 0.4) is 0 Å². The van der Waals surface area contributed by atoms with E-state index in [4.69, 9.17) is 14.6 Å². The fraction of sp³-hybridized carbons (Fsp3) is 0.120. The van der Waals surface area contributed by atoms with Crippen molar-refractivity contribution in [3.05, 3.63) is 83.4 Å². The molecule has 162 valence electrons. The topological polar surface area (TPSA) is 96.9 Å². The highest BCUT2D eigenvalue weighted by Gasteiger charge is 2.30. The van der Waals surface area contributed by atoms with Gasteiger partial charge in [-0.2, -0.15) is 0 Å². The van der Waals surface area contributed by atoms with E-state index in [-0.39, 0.29) is 12.3 Å². The van der Waals surface area contributed by atoms with Gasteiger partial charge in [-0.25, -0.2) is 0 Å². The van der Waals surface area contributed by atoms with E-state index >= 15 is 0 Å². The van der Waals surface area contributed by atoms with Crippen molar-refractivity contribution in [2.45, 2.75) is 6.42 Å². The first-order chi connectivity index (χ1) is 15.5. The zero-order valence-electron chi connectivity index (χ0n) is 17.6. The maximum absolute atomic E-state index is 13.1. The van der Waals surface area contributed by atoms with E-state index in [0.717, 1.165) is 11.3 Å². The number of hydrogen-bond donors (Lipinski definition) is 3. The van der Waals surface area contributed by atoms with Crippen molar-refractivity contribution in [2.75, 3.05) is 24.9 Å². The van der Waals surface area contributed by atoms with E-state index in [9.17, 15) is 9.59 Å². The van der Waals surface area contributed by atoms with Crippen LogP contribution in [0.1, 0.15) is 16.7 Å². The van der Waals surface area contributed by atoms with Gasteiger partial charge in [0.15, 0.2) is 11.5 Å². The lowest BCUT2D eigenvalue weighted by Gasteiger charge is -2.16. The van der Waals surface area contributed by atoms with Crippen LogP contribution < -0.4 is 20.1 Å². The molecule has 0 aromatic heterocycles. The largest absolute Gasteiger partial charge is 0.493 e. The Morgan fingerprint density at radius 2 is 1.62 bits per heavy atom. The van der Waals surface area contributed by atoms with E-state index < -0.39 is 5.97 Å². The van der Waals surface area contributed by atoms with E-state index in [0.29, 0.717) is 39.6 Å². The number of carbonyl (C=O) groups excluding carboxylic acids is 1. The van der Waals surface area contributed by atoms with Crippen LogP contribution in [0.25, 0.3) is 11.3 Å². The number of hydrogen-bond acceptors (Lipinski definition) is 5. The molecule has 7 heteroatoms. The van der Waals surface area contributed by atoms with Crippen molar-refractivity contribution in [1.29, 1.82) is 0 Å². The molecular weight excluding hydrogens is 408 g/mol. The van der Waals surface area contributed by atoms with Crippen LogP contribution in [-0.2, 0) is 16.0 Å². The molecule has 3 N–H and O–H groups in total. The Morgan fingerprint density at radius 1 is 0.969 bits per heavy atom. The molecule has 0 radical (unpaired) electrons. The lowest BCUT2D eigenvalue weighted by molar-refractivity contribution is -0.136. The van der Waals surface area contributed by atoms with Crippen LogP contribution in [0, 0.1) is 0 Å². The second-order valence-corrected chi connectivity index (χ2v) is 7.22. The molecule has 1 heterocycles. The highest BCUT2D eigenvalue weighted by Crippen LogP contribution is 2.43. The van der Waals surface area contributed by atoms with E-state index in [1.807, 2.05) is 30.3 Å². The smallest absolute Gasteiger partial charge is 0.307 e. The lowest BCUT2D eigenvalue weighted by Crippen LogP contribution is -2.10. The quantitative estimate of drug-likeness (QED) is 0.485. The Kier molecular flexibility index (Phi) is 5.81. The van der Waals surface area contributed by atoms with Crippen molar-refractivity contribution in [3.63, 3.8) is 0 Å². The number of benzene rings is 3. The summed E-state index contributed by atoms with van der Waals surface area (Å²) in [5.41, 5.74) is 4.68. The summed E-state index contributed by atoms with van der Waals surface area (Å²) in [6.07, 6.45) is -0.0513. The fourth-order valence-corrected chi connectivity index (χ4v) is 3.65. The second kappa shape index (κ2) is 8.85. The van der Waals surface area contributed by atoms with Gasteiger partial charge >= 0.3 is 5.97 Å². The highest BCUT2D eigenvalue weighted by molar-refractivity contribution is 6.37. The molecule has 1 aliphatic heterocycles. The van der Waals surface area contributed by atoms with Crippen molar-refractivity contribution < 1.29 is 24.2 Å². The van der Waals surface area contributed by atoms with Crippen LogP contribution in [0.2, 0.25) is 0 Å². The van der Waals surface area contributed by atoms with Crippen LogP contribution >= 0.6 is 0 Å². The molecule has 1 amide bonds. The maximum atomic E-state index is 13.1. The van der Waals surface area contributed by atoms with E-state index in [1.54, 1.807) is 50.6 Å². The third-order valence-electron chi connectivity index (χ3n) is 5.16. The third kappa shape index (κ3) is 4.13. The van der Waals surface area contributed by atoms with Crippen molar-refractivity contribution in [3.8, 4) is 11.5 Å². The summed E-state index contributed by atoms with van der Waals surface area (Å²) in [4.78, 5) is 24.0. The van der Waals surface area contributed by atoms with Crippen LogP contribution in [0.4, 0.5) is 11.4 Å². The zero-order valence-corrected chi connectivity index (χ0v) is 17.6. The number of anilines is 2. The number of carboxylic acids is 1. The Morgan fingerprint density at radius 3 is 2.25 bits per heavy atom. The Hall–Kier alpha value is -4.26. The number of aliphatic carboxylic acids is 1. The number of nitrogens with one attached hydrogen (secondary N) is 2. The first-order valence-electron chi connectivity index (χ1n) is 9.95. The minimum absolute atomic E-state index is 0.0513. The van der Waals surface area contributed by atoms with Crippen LogP contribution in [0.15, 0.2) is 66.7 Å². The first kappa shape index (κ1) is 21.0. The minimum atomic E-state index is -0.888. The normalized spacial score (nSPS) is 13.8. The SMILES string of the molecule is COc1cc2c(cc1OC)C(=C(Nc1ccc(CC(=O)O)cc1)c1ccccc1)C(=O)N2. The molecular formula is C25H22N2O5. The van der Waals surface area contributed by atoms with Gasteiger partial charge in [0.05, 0.1) is 37.6 Å². The average molecular weight is 430 g/mol. The summed E-state index contributed by atoms with van der Waals surface area (Å²) in [5, 5.41) is 15.2. The molecule has 0 saturated heterocycles. The summed E-state index contributed by atoms with van der Waals surface area (Å²) in [5.74, 6) is -0.0905. The van der Waals surface area contributed by atoms with Gasteiger partial charge in [0.2, 0.25) is 0 Å². The average Bonchev–Trinajstić information content (AvgIpc) is 3.12. The molecule has 1 aliphatic rings. The molecule has 0 bridgehead atoms. The second-order valence-electron chi connectivity index (χ2n) is 7.22. The predicted molar refractivity (Wildman–Crippen MR) is 123 cm³/mol. The number of amides is 1.